The summed E-state index contributed by atoms with van der Waals surface area (Å²) in [7, 11) is 1.69. The summed E-state index contributed by atoms with van der Waals surface area (Å²) >= 11 is 0. The van der Waals surface area contributed by atoms with Crippen LogP contribution < -0.4 is 10.1 Å². The zero-order valence-electron chi connectivity index (χ0n) is 11.8. The van der Waals surface area contributed by atoms with Crippen LogP contribution in [0.15, 0.2) is 36.7 Å². The van der Waals surface area contributed by atoms with E-state index in [0.29, 0.717) is 0 Å². The monoisotopic (exact) mass is 259 g/mol. The van der Waals surface area contributed by atoms with Crippen molar-refractivity contribution in [3.05, 3.63) is 47.8 Å². The maximum atomic E-state index is 5.29. The Morgan fingerprint density at radius 3 is 2.89 bits per heavy atom. The molecule has 102 valence electrons. The van der Waals surface area contributed by atoms with E-state index in [1.54, 1.807) is 7.11 Å². The molecule has 0 bridgehead atoms. The number of nitrogens with one attached hydrogen (secondary N) is 1. The minimum absolute atomic E-state index is 0.236. The molecule has 1 N–H and O–H groups in total. The van der Waals surface area contributed by atoms with E-state index in [-0.39, 0.29) is 6.04 Å². The average molecular weight is 259 g/mol. The first-order valence-electron chi connectivity index (χ1n) is 6.59. The van der Waals surface area contributed by atoms with Crippen LogP contribution >= 0.6 is 0 Å². The number of ether oxygens (including phenoxy) is 1. The molecule has 2 aromatic rings. The van der Waals surface area contributed by atoms with Crippen LogP contribution in [0.25, 0.3) is 0 Å². The van der Waals surface area contributed by atoms with Crippen LogP contribution in [0, 0.1) is 6.92 Å². The molecule has 0 aliphatic rings. The number of aromatic nitrogens is 2. The molecule has 0 aliphatic carbocycles. The van der Waals surface area contributed by atoms with Crippen molar-refractivity contribution in [1.82, 2.24) is 15.1 Å². The van der Waals surface area contributed by atoms with Gasteiger partial charge >= 0.3 is 0 Å². The van der Waals surface area contributed by atoms with Crippen molar-refractivity contribution in [2.24, 2.45) is 0 Å². The van der Waals surface area contributed by atoms with Crippen molar-refractivity contribution in [1.29, 1.82) is 0 Å². The minimum Gasteiger partial charge on any atom is -0.497 e. The zero-order valence-corrected chi connectivity index (χ0v) is 11.8. The number of benzene rings is 1. The molecule has 4 heteroatoms. The second kappa shape index (κ2) is 6.38. The van der Waals surface area contributed by atoms with Crippen LogP contribution in [0.2, 0.25) is 0 Å². The van der Waals surface area contributed by atoms with Gasteiger partial charge in [-0.15, -0.1) is 0 Å². The van der Waals surface area contributed by atoms with Crippen LogP contribution in [-0.4, -0.2) is 23.4 Å². The first-order chi connectivity index (χ1) is 9.22. The molecule has 0 aliphatic heterocycles. The third-order valence-corrected chi connectivity index (χ3v) is 3.08. The van der Waals surface area contributed by atoms with Gasteiger partial charge in [-0.3, -0.25) is 4.68 Å². The summed E-state index contributed by atoms with van der Waals surface area (Å²) in [6.07, 6.45) is 3.94. The van der Waals surface area contributed by atoms with Gasteiger partial charge in [0.25, 0.3) is 0 Å². The molecular weight excluding hydrogens is 238 g/mol. The summed E-state index contributed by atoms with van der Waals surface area (Å²) in [5, 5.41) is 7.84. The number of methoxy groups -OCH3 is 1. The van der Waals surface area contributed by atoms with Gasteiger partial charge < -0.3 is 10.1 Å². The summed E-state index contributed by atoms with van der Waals surface area (Å²) in [5.74, 6) is 0.886. The van der Waals surface area contributed by atoms with Crippen LogP contribution in [0.4, 0.5) is 0 Å². The number of hydrogen-bond donors (Lipinski definition) is 1. The van der Waals surface area contributed by atoms with Gasteiger partial charge in [0.05, 0.1) is 25.9 Å². The highest BCUT2D eigenvalue weighted by atomic mass is 16.5. The summed E-state index contributed by atoms with van der Waals surface area (Å²) in [5.41, 5.74) is 2.40. The Kier molecular flexibility index (Phi) is 4.58. The molecule has 2 rings (SSSR count). The Morgan fingerprint density at radius 2 is 2.26 bits per heavy atom. The molecular formula is C15H21N3O. The number of hydrogen-bond acceptors (Lipinski definition) is 3. The van der Waals surface area contributed by atoms with Crippen LogP contribution in [0.5, 0.6) is 5.75 Å². The number of nitrogens with zero attached hydrogens (tertiary/aromatic N) is 2. The molecule has 1 aromatic heterocycles. The van der Waals surface area contributed by atoms with Crippen LogP contribution in [0.1, 0.15) is 24.1 Å². The highest BCUT2D eigenvalue weighted by Crippen LogP contribution is 2.20. The zero-order chi connectivity index (χ0) is 13.7. The van der Waals surface area contributed by atoms with E-state index in [9.17, 15) is 0 Å². The Morgan fingerprint density at radius 1 is 1.42 bits per heavy atom. The summed E-state index contributed by atoms with van der Waals surface area (Å²) in [6, 6.07) is 8.41. The molecule has 1 aromatic carbocycles. The fraction of sp³-hybridized carbons (Fsp3) is 0.400. The summed E-state index contributed by atoms with van der Waals surface area (Å²) < 4.78 is 7.26. The Balaban J connectivity index is 2.18. The molecule has 1 atom stereocenters. The van der Waals surface area contributed by atoms with Crippen LogP contribution in [0.3, 0.4) is 0 Å². The lowest BCUT2D eigenvalue weighted by Crippen LogP contribution is -2.25. The lowest BCUT2D eigenvalue weighted by molar-refractivity contribution is 0.409. The van der Waals surface area contributed by atoms with E-state index < -0.39 is 0 Å². The van der Waals surface area contributed by atoms with Crippen molar-refractivity contribution >= 4 is 0 Å². The van der Waals surface area contributed by atoms with E-state index in [1.807, 2.05) is 23.0 Å². The van der Waals surface area contributed by atoms with E-state index in [0.717, 1.165) is 18.8 Å². The van der Waals surface area contributed by atoms with Crippen molar-refractivity contribution in [2.75, 3.05) is 13.7 Å². The Hall–Kier alpha value is -1.81. The summed E-state index contributed by atoms with van der Waals surface area (Å²) in [6.45, 7) is 5.90. The SMILES string of the molecule is CCNC(Cn1cc(C)cn1)c1cccc(OC)c1. The second-order valence-corrected chi connectivity index (χ2v) is 4.63. The first kappa shape index (κ1) is 13.6. The van der Waals surface area contributed by atoms with Crippen LogP contribution in [-0.2, 0) is 6.54 Å². The van der Waals surface area contributed by atoms with Crippen molar-refractivity contribution in [3.63, 3.8) is 0 Å². The second-order valence-electron chi connectivity index (χ2n) is 4.63. The summed E-state index contributed by atoms with van der Waals surface area (Å²) in [4.78, 5) is 0. The third-order valence-electron chi connectivity index (χ3n) is 3.08. The quantitative estimate of drug-likeness (QED) is 0.866. The first-order valence-corrected chi connectivity index (χ1v) is 6.59. The highest BCUT2D eigenvalue weighted by Gasteiger charge is 2.12. The standard InChI is InChI=1S/C15H21N3O/c1-4-16-15(11-18-10-12(2)9-17-18)13-6-5-7-14(8-13)19-3/h5-10,15-16H,4,11H2,1-3H3. The molecule has 4 nitrogen and oxygen atoms in total. The van der Waals surface area contributed by atoms with Gasteiger partial charge in [-0.2, -0.15) is 5.10 Å². The van der Waals surface area contributed by atoms with Crippen molar-refractivity contribution in [2.45, 2.75) is 26.4 Å². The Bertz CT molecular complexity index is 522. The third kappa shape index (κ3) is 3.58. The largest absolute Gasteiger partial charge is 0.497 e. The Labute approximate surface area is 114 Å². The molecule has 19 heavy (non-hydrogen) atoms. The molecule has 1 unspecified atom stereocenters. The van der Waals surface area contributed by atoms with E-state index in [1.165, 1.54) is 11.1 Å². The lowest BCUT2D eigenvalue weighted by atomic mass is 10.1. The van der Waals surface area contributed by atoms with Gasteiger partial charge in [-0.1, -0.05) is 19.1 Å². The van der Waals surface area contributed by atoms with E-state index in [2.05, 4.69) is 42.6 Å². The topological polar surface area (TPSA) is 39.1 Å². The predicted molar refractivity (Wildman–Crippen MR) is 76.4 cm³/mol. The smallest absolute Gasteiger partial charge is 0.119 e. The molecule has 0 spiro atoms. The van der Waals surface area contributed by atoms with Crippen molar-refractivity contribution in [3.8, 4) is 5.75 Å². The fourth-order valence-electron chi connectivity index (χ4n) is 2.15. The molecule has 0 saturated heterocycles. The average Bonchev–Trinajstić information content (AvgIpc) is 2.84. The molecule has 0 amide bonds. The maximum absolute atomic E-state index is 5.29. The number of aryl methyl sites for hydroxylation is 1. The van der Waals surface area contributed by atoms with Gasteiger partial charge in [0.2, 0.25) is 0 Å². The maximum Gasteiger partial charge on any atom is 0.119 e. The van der Waals surface area contributed by atoms with Gasteiger partial charge in [-0.25, -0.2) is 0 Å². The minimum atomic E-state index is 0.236. The normalized spacial score (nSPS) is 12.4. The van der Waals surface area contributed by atoms with E-state index in [4.69, 9.17) is 4.74 Å². The van der Waals surface area contributed by atoms with Crippen molar-refractivity contribution < 1.29 is 4.74 Å². The molecule has 0 radical (unpaired) electrons. The van der Waals surface area contributed by atoms with Gasteiger partial charge in [0, 0.05) is 6.20 Å². The highest BCUT2D eigenvalue weighted by molar-refractivity contribution is 5.30. The van der Waals surface area contributed by atoms with Gasteiger partial charge in [0.15, 0.2) is 0 Å². The molecule has 1 heterocycles. The fourth-order valence-corrected chi connectivity index (χ4v) is 2.15. The van der Waals surface area contributed by atoms with Gasteiger partial charge in [-0.05, 0) is 36.7 Å². The molecule has 0 saturated carbocycles. The predicted octanol–water partition coefficient (Wildman–Crippen LogP) is 2.55. The number of rotatable bonds is 6. The number of likely N-dealkylation sites (N-methyl/N-ethyl adjacent to an activating group) is 1. The lowest BCUT2D eigenvalue weighted by Gasteiger charge is -2.19. The van der Waals surface area contributed by atoms with Gasteiger partial charge in [0.1, 0.15) is 5.75 Å². The van der Waals surface area contributed by atoms with E-state index >= 15 is 0 Å². The molecule has 0 fully saturated rings.